The van der Waals surface area contributed by atoms with Gasteiger partial charge in [-0.3, -0.25) is 0 Å². The van der Waals surface area contributed by atoms with E-state index in [4.69, 9.17) is 17.3 Å². The lowest BCUT2D eigenvalue weighted by atomic mass is 10.1. The van der Waals surface area contributed by atoms with Gasteiger partial charge in [0.1, 0.15) is 5.82 Å². The Hall–Kier alpha value is -2.66. The number of halogens is 1. The Morgan fingerprint density at radius 3 is 2.41 bits per heavy atom. The normalized spacial score (nSPS) is 10.1. The second-order valence-electron chi connectivity index (χ2n) is 7.85. The number of benzene rings is 1. The molecule has 34 heavy (non-hydrogen) atoms. The second-order valence-corrected chi connectivity index (χ2v) is 8.25. The van der Waals surface area contributed by atoms with E-state index in [-0.39, 0.29) is 0 Å². The smallest absolute Gasteiger partial charge is 0.158 e. The first-order valence-electron chi connectivity index (χ1n) is 12.5. The lowest BCUT2D eigenvalue weighted by Gasteiger charge is -2.12. The van der Waals surface area contributed by atoms with Crippen molar-refractivity contribution in [1.82, 2.24) is 15.2 Å². The molecule has 0 aliphatic rings. The molecular formula is C28H42ClN5. The third kappa shape index (κ3) is 8.28. The average molecular weight is 484 g/mol. The van der Waals surface area contributed by atoms with Crippen molar-refractivity contribution in [3.05, 3.63) is 58.4 Å². The van der Waals surface area contributed by atoms with E-state index in [1.54, 1.807) is 12.3 Å². The fraction of sp³-hybridized carbons (Fsp3) is 0.464. The Kier molecular flexibility index (Phi) is 13.9. The fourth-order valence-corrected chi connectivity index (χ4v) is 3.84. The van der Waals surface area contributed by atoms with Gasteiger partial charge in [0.25, 0.3) is 0 Å². The van der Waals surface area contributed by atoms with Crippen LogP contribution in [0.15, 0.2) is 31.0 Å². The zero-order chi connectivity index (χ0) is 25.5. The van der Waals surface area contributed by atoms with Gasteiger partial charge >= 0.3 is 0 Å². The highest BCUT2D eigenvalue weighted by Gasteiger charge is 2.12. The Morgan fingerprint density at radius 1 is 1.09 bits per heavy atom. The van der Waals surface area contributed by atoms with Crippen LogP contribution in [0.5, 0.6) is 0 Å². The van der Waals surface area contributed by atoms with Gasteiger partial charge < -0.3 is 11.1 Å². The summed E-state index contributed by atoms with van der Waals surface area (Å²) in [7, 11) is 0. The molecule has 5 nitrogen and oxygen atoms in total. The number of unbranched alkanes of at least 4 members (excludes halogenated alkanes) is 2. The molecule has 2 heterocycles. The molecular weight excluding hydrogens is 442 g/mol. The fourth-order valence-electron chi connectivity index (χ4n) is 3.54. The SMILES string of the molecule is C=Cc1c(N)ncc2c(NCCCCC)nnc(C)c12.CC.CCCc1ccc(CC)cc1Cl. The summed E-state index contributed by atoms with van der Waals surface area (Å²) in [6.45, 7) is 17.1. The van der Waals surface area contributed by atoms with Crippen LogP contribution >= 0.6 is 11.6 Å². The summed E-state index contributed by atoms with van der Waals surface area (Å²) in [5.74, 6) is 1.23. The van der Waals surface area contributed by atoms with E-state index in [0.29, 0.717) is 5.82 Å². The number of hydrogen-bond donors (Lipinski definition) is 2. The molecule has 1 aromatic carbocycles. The summed E-state index contributed by atoms with van der Waals surface area (Å²) in [6.07, 6.45) is 10.3. The Bertz CT molecular complexity index is 1030. The van der Waals surface area contributed by atoms with Crippen molar-refractivity contribution in [1.29, 1.82) is 0 Å². The lowest BCUT2D eigenvalue weighted by Crippen LogP contribution is -2.07. The van der Waals surface area contributed by atoms with Gasteiger partial charge in [-0.25, -0.2) is 4.98 Å². The molecule has 0 amide bonds. The van der Waals surface area contributed by atoms with Gasteiger partial charge in [0.05, 0.1) is 5.69 Å². The quantitative estimate of drug-likeness (QED) is 0.301. The van der Waals surface area contributed by atoms with Crippen LogP contribution in [0, 0.1) is 6.92 Å². The maximum Gasteiger partial charge on any atom is 0.158 e. The van der Waals surface area contributed by atoms with E-state index in [2.05, 4.69) is 66.0 Å². The number of rotatable bonds is 9. The zero-order valence-corrected chi connectivity index (χ0v) is 22.6. The van der Waals surface area contributed by atoms with E-state index in [0.717, 1.165) is 65.1 Å². The van der Waals surface area contributed by atoms with Crippen molar-refractivity contribution in [2.45, 2.75) is 80.1 Å². The van der Waals surface area contributed by atoms with E-state index in [9.17, 15) is 0 Å². The number of aryl methyl sites for hydroxylation is 3. The maximum absolute atomic E-state index is 6.09. The van der Waals surface area contributed by atoms with Gasteiger partial charge in [-0.1, -0.05) is 90.3 Å². The highest BCUT2D eigenvalue weighted by atomic mass is 35.5. The van der Waals surface area contributed by atoms with E-state index >= 15 is 0 Å². The molecule has 0 fully saturated rings. The molecule has 186 valence electrons. The van der Waals surface area contributed by atoms with Crippen LogP contribution in [0.4, 0.5) is 11.6 Å². The summed E-state index contributed by atoms with van der Waals surface area (Å²) in [5.41, 5.74) is 10.2. The number of fused-ring (bicyclic) bond motifs is 1. The molecule has 0 unspecified atom stereocenters. The number of pyridine rings is 1. The minimum absolute atomic E-state index is 0.473. The largest absolute Gasteiger partial charge is 0.383 e. The van der Waals surface area contributed by atoms with Gasteiger partial charge in [-0.05, 0) is 43.4 Å². The van der Waals surface area contributed by atoms with E-state index in [1.807, 2.05) is 20.8 Å². The third-order valence-corrected chi connectivity index (χ3v) is 5.74. The maximum atomic E-state index is 6.09. The average Bonchev–Trinajstić information content (AvgIpc) is 2.86. The Morgan fingerprint density at radius 2 is 1.82 bits per heavy atom. The number of anilines is 2. The van der Waals surface area contributed by atoms with Crippen molar-refractivity contribution in [3.63, 3.8) is 0 Å². The van der Waals surface area contributed by atoms with Crippen LogP contribution in [0.3, 0.4) is 0 Å². The summed E-state index contributed by atoms with van der Waals surface area (Å²) < 4.78 is 0. The number of aromatic nitrogens is 3. The molecule has 0 spiro atoms. The monoisotopic (exact) mass is 483 g/mol. The summed E-state index contributed by atoms with van der Waals surface area (Å²) >= 11 is 6.09. The first kappa shape index (κ1) is 29.4. The Labute approximate surface area is 211 Å². The van der Waals surface area contributed by atoms with Crippen LogP contribution in [0.2, 0.25) is 5.02 Å². The molecule has 0 saturated carbocycles. The number of nitrogens with two attached hydrogens (primary N) is 1. The molecule has 0 aliphatic heterocycles. The molecule has 0 aliphatic carbocycles. The first-order chi connectivity index (χ1) is 16.5. The standard InChI is InChI=1S/C15H21N5.C11H15Cl.C2H6/c1-4-6-7-8-17-15-12-9-18-14(16)11(5-2)13(12)10(3)19-20-15;1-3-5-10-7-6-9(4-2)8-11(10)12;1-2/h5,9H,2,4,6-8H2,1,3H3,(H2,16,18)(H,17,20);6-8H,3-5H2,1-2H3;1-2H3. The lowest BCUT2D eigenvalue weighted by molar-refractivity contribution is 0.741. The molecule has 2 aromatic heterocycles. The molecule has 3 N–H and O–H groups in total. The first-order valence-corrected chi connectivity index (χ1v) is 12.9. The number of nitrogens with one attached hydrogen (secondary N) is 1. The number of hydrogen-bond acceptors (Lipinski definition) is 5. The van der Waals surface area contributed by atoms with Gasteiger partial charge in [0.2, 0.25) is 0 Å². The van der Waals surface area contributed by atoms with Gasteiger partial charge in [-0.2, -0.15) is 5.10 Å². The Balaban J connectivity index is 0.000000353. The summed E-state index contributed by atoms with van der Waals surface area (Å²) in [4.78, 5) is 4.22. The van der Waals surface area contributed by atoms with Crippen molar-refractivity contribution < 1.29 is 0 Å². The van der Waals surface area contributed by atoms with Crippen LogP contribution in [-0.2, 0) is 12.8 Å². The minimum atomic E-state index is 0.473. The van der Waals surface area contributed by atoms with Crippen molar-refractivity contribution in [3.8, 4) is 0 Å². The molecule has 0 radical (unpaired) electrons. The zero-order valence-electron chi connectivity index (χ0n) is 21.8. The molecule has 3 aromatic rings. The van der Waals surface area contributed by atoms with E-state index < -0.39 is 0 Å². The molecule has 0 atom stereocenters. The van der Waals surface area contributed by atoms with Crippen LogP contribution < -0.4 is 11.1 Å². The second kappa shape index (κ2) is 16.0. The molecule has 0 saturated heterocycles. The highest BCUT2D eigenvalue weighted by Crippen LogP contribution is 2.29. The number of nitrogen functional groups attached to an aromatic ring is 1. The van der Waals surface area contributed by atoms with Crippen LogP contribution in [0.1, 0.15) is 82.7 Å². The predicted molar refractivity (Wildman–Crippen MR) is 151 cm³/mol. The van der Waals surface area contributed by atoms with Crippen molar-refractivity contribution >= 4 is 40.1 Å². The summed E-state index contributed by atoms with van der Waals surface area (Å²) in [5, 5.41) is 14.6. The van der Waals surface area contributed by atoms with Crippen LogP contribution in [0.25, 0.3) is 16.8 Å². The number of nitrogens with zero attached hydrogens (tertiary/aromatic N) is 3. The van der Waals surface area contributed by atoms with Gasteiger partial charge in [0.15, 0.2) is 5.82 Å². The van der Waals surface area contributed by atoms with Gasteiger partial charge in [0, 0.05) is 34.1 Å². The molecule has 0 bridgehead atoms. The van der Waals surface area contributed by atoms with Crippen molar-refractivity contribution in [2.24, 2.45) is 0 Å². The van der Waals surface area contributed by atoms with Crippen molar-refractivity contribution in [2.75, 3.05) is 17.6 Å². The minimum Gasteiger partial charge on any atom is -0.383 e. The van der Waals surface area contributed by atoms with Gasteiger partial charge in [-0.15, -0.1) is 5.10 Å². The summed E-state index contributed by atoms with van der Waals surface area (Å²) in [6, 6.07) is 6.38. The molecule has 3 rings (SSSR count). The van der Waals surface area contributed by atoms with E-state index in [1.165, 1.54) is 24.0 Å². The highest BCUT2D eigenvalue weighted by molar-refractivity contribution is 6.31. The molecule has 6 heteroatoms. The topological polar surface area (TPSA) is 76.7 Å². The van der Waals surface area contributed by atoms with Crippen LogP contribution in [-0.4, -0.2) is 21.7 Å². The third-order valence-electron chi connectivity index (χ3n) is 5.39. The predicted octanol–water partition coefficient (Wildman–Crippen LogP) is 8.04.